The van der Waals surface area contributed by atoms with Gasteiger partial charge in [0, 0.05) is 29.7 Å². The number of nitrogens with zero attached hydrogens (tertiary/aromatic N) is 1. The molecule has 1 amide bonds. The van der Waals surface area contributed by atoms with Gasteiger partial charge in [-0.05, 0) is 86.0 Å². The molecule has 1 N–H and O–H groups in total. The summed E-state index contributed by atoms with van der Waals surface area (Å²) in [7, 11) is 0. The number of ether oxygens (including phenoxy) is 2. The number of aryl methyl sites for hydroxylation is 1. The van der Waals surface area contributed by atoms with E-state index in [9.17, 15) is 19.1 Å². The van der Waals surface area contributed by atoms with Crippen molar-refractivity contribution in [3.05, 3.63) is 87.7 Å². The number of carbonyl (C=O) groups excluding carboxylic acids is 1. The van der Waals surface area contributed by atoms with Gasteiger partial charge in [-0.2, -0.15) is 0 Å². The van der Waals surface area contributed by atoms with Crippen LogP contribution in [0.5, 0.6) is 17.2 Å². The fourth-order valence-corrected chi connectivity index (χ4v) is 3.92. The molecule has 0 saturated heterocycles. The van der Waals surface area contributed by atoms with Gasteiger partial charge in [0.05, 0.1) is 0 Å². The molecule has 0 unspecified atom stereocenters. The number of hydrogen-bond acceptors (Lipinski definition) is 4. The number of amides is 1. The van der Waals surface area contributed by atoms with E-state index in [4.69, 9.17) is 21.1 Å². The normalized spacial score (nSPS) is 13.1. The molecule has 1 aliphatic rings. The van der Waals surface area contributed by atoms with Crippen molar-refractivity contribution in [1.29, 1.82) is 0 Å². The van der Waals surface area contributed by atoms with E-state index in [0.717, 1.165) is 5.56 Å². The Hall–Kier alpha value is -3.58. The van der Waals surface area contributed by atoms with Gasteiger partial charge in [0.1, 0.15) is 23.1 Å². The van der Waals surface area contributed by atoms with Gasteiger partial charge in [-0.1, -0.05) is 11.6 Å². The van der Waals surface area contributed by atoms with Crippen molar-refractivity contribution in [2.75, 3.05) is 0 Å². The summed E-state index contributed by atoms with van der Waals surface area (Å²) in [5, 5.41) is 9.82. The number of aliphatic carboxylic acids is 1. The van der Waals surface area contributed by atoms with Crippen molar-refractivity contribution in [2.24, 2.45) is 0 Å². The number of benzene rings is 3. The lowest BCUT2D eigenvalue weighted by Gasteiger charge is -2.23. The van der Waals surface area contributed by atoms with Gasteiger partial charge in [0.2, 0.25) is 0 Å². The number of carboxylic acids is 1. The number of carboxylic acid groups (broad SMARTS) is 1. The lowest BCUT2D eigenvalue weighted by atomic mass is 10.1. The predicted octanol–water partition coefficient (Wildman–Crippen LogP) is 5.98. The maximum absolute atomic E-state index is 14.3. The molecule has 1 heterocycles. The molecule has 0 bridgehead atoms. The van der Waals surface area contributed by atoms with Gasteiger partial charge < -0.3 is 19.5 Å². The molecule has 0 saturated carbocycles. The highest BCUT2D eigenvalue weighted by Gasteiger charge is 2.30. The summed E-state index contributed by atoms with van der Waals surface area (Å²) in [5.41, 5.74) is 1.31. The Labute approximate surface area is 201 Å². The topological polar surface area (TPSA) is 76.1 Å². The molecule has 0 atom stereocenters. The Balaban J connectivity index is 1.49. The molecule has 3 aromatic rings. The zero-order chi connectivity index (χ0) is 24.6. The molecule has 176 valence electrons. The molecule has 4 rings (SSSR count). The van der Waals surface area contributed by atoms with Crippen molar-refractivity contribution in [3.63, 3.8) is 0 Å². The lowest BCUT2D eigenvalue weighted by molar-refractivity contribution is -0.152. The first-order chi connectivity index (χ1) is 16.0. The Morgan fingerprint density at radius 3 is 2.59 bits per heavy atom. The van der Waals surface area contributed by atoms with E-state index in [1.165, 1.54) is 26.0 Å². The summed E-state index contributed by atoms with van der Waals surface area (Å²) < 4.78 is 25.8. The molecule has 6 nitrogen and oxygen atoms in total. The maximum Gasteiger partial charge on any atom is 0.347 e. The van der Waals surface area contributed by atoms with Crippen LogP contribution in [0.3, 0.4) is 0 Å². The minimum atomic E-state index is -1.39. The van der Waals surface area contributed by atoms with E-state index in [2.05, 4.69) is 0 Å². The van der Waals surface area contributed by atoms with Crippen LogP contribution < -0.4 is 9.47 Å². The highest BCUT2D eigenvalue weighted by atomic mass is 35.5. The summed E-state index contributed by atoms with van der Waals surface area (Å²) in [6.45, 7) is 5.31. The van der Waals surface area contributed by atoms with Crippen molar-refractivity contribution in [3.8, 4) is 17.2 Å². The molecule has 3 aromatic carbocycles. The monoisotopic (exact) mass is 483 g/mol. The van der Waals surface area contributed by atoms with Crippen molar-refractivity contribution in [2.45, 2.75) is 39.5 Å². The zero-order valence-electron chi connectivity index (χ0n) is 18.9. The van der Waals surface area contributed by atoms with Crippen LogP contribution in [0.4, 0.5) is 4.39 Å². The van der Waals surface area contributed by atoms with Gasteiger partial charge in [0.25, 0.3) is 5.91 Å². The molecule has 0 aliphatic carbocycles. The van der Waals surface area contributed by atoms with E-state index in [-0.39, 0.29) is 18.2 Å². The number of hydrogen-bond donors (Lipinski definition) is 1. The molecule has 0 fully saturated rings. The molecule has 1 aliphatic heterocycles. The van der Waals surface area contributed by atoms with Gasteiger partial charge in [-0.25, -0.2) is 9.18 Å². The number of fused-ring (bicyclic) bond motifs is 1. The van der Waals surface area contributed by atoms with Crippen molar-refractivity contribution < 1.29 is 28.6 Å². The van der Waals surface area contributed by atoms with E-state index in [1.807, 2.05) is 0 Å². The Kier molecular flexibility index (Phi) is 6.23. The summed E-state index contributed by atoms with van der Waals surface area (Å²) in [5.74, 6) is -0.572. The van der Waals surface area contributed by atoms with Crippen LogP contribution in [0.1, 0.15) is 40.9 Å². The maximum atomic E-state index is 14.3. The van der Waals surface area contributed by atoms with Gasteiger partial charge in [0.15, 0.2) is 5.60 Å². The van der Waals surface area contributed by atoms with Crippen LogP contribution in [-0.2, 0) is 17.9 Å². The highest BCUT2D eigenvalue weighted by Crippen LogP contribution is 2.32. The third kappa shape index (κ3) is 4.99. The number of halogens is 2. The third-order valence-electron chi connectivity index (χ3n) is 5.51. The molecular formula is C26H23ClFNO5. The molecular weight excluding hydrogens is 461 g/mol. The molecule has 8 heteroatoms. The van der Waals surface area contributed by atoms with Gasteiger partial charge in [-0.15, -0.1) is 0 Å². The fraction of sp³-hybridized carbons (Fsp3) is 0.231. The second-order valence-electron chi connectivity index (χ2n) is 8.70. The Morgan fingerprint density at radius 2 is 1.88 bits per heavy atom. The average Bonchev–Trinajstić information content (AvgIpc) is 3.03. The van der Waals surface area contributed by atoms with Crippen molar-refractivity contribution in [1.82, 2.24) is 4.90 Å². The minimum absolute atomic E-state index is 0.131. The smallest absolute Gasteiger partial charge is 0.347 e. The third-order valence-corrected chi connectivity index (χ3v) is 5.75. The lowest BCUT2D eigenvalue weighted by Crippen LogP contribution is -2.38. The van der Waals surface area contributed by atoms with Crippen LogP contribution in [0.2, 0.25) is 5.02 Å². The Morgan fingerprint density at radius 1 is 1.12 bits per heavy atom. The second kappa shape index (κ2) is 8.99. The highest BCUT2D eigenvalue weighted by molar-refractivity contribution is 6.30. The summed E-state index contributed by atoms with van der Waals surface area (Å²) in [6, 6.07) is 14.4. The first kappa shape index (κ1) is 23.6. The Bertz CT molecular complexity index is 1290. The number of rotatable bonds is 7. The fourth-order valence-electron chi connectivity index (χ4n) is 3.72. The molecule has 0 spiro atoms. The second-order valence-corrected chi connectivity index (χ2v) is 9.14. The van der Waals surface area contributed by atoms with E-state index in [0.29, 0.717) is 39.8 Å². The number of carbonyl (C=O) groups is 2. The predicted molar refractivity (Wildman–Crippen MR) is 125 cm³/mol. The first-order valence-electron chi connectivity index (χ1n) is 10.6. The van der Waals surface area contributed by atoms with Gasteiger partial charge >= 0.3 is 5.97 Å². The van der Waals surface area contributed by atoms with E-state index >= 15 is 0 Å². The summed E-state index contributed by atoms with van der Waals surface area (Å²) in [4.78, 5) is 25.6. The molecule has 0 aromatic heterocycles. The first-order valence-corrected chi connectivity index (χ1v) is 11.0. The molecule has 0 radical (unpaired) electrons. The largest absolute Gasteiger partial charge is 0.478 e. The van der Waals surface area contributed by atoms with Crippen LogP contribution in [0.25, 0.3) is 0 Å². The van der Waals surface area contributed by atoms with Gasteiger partial charge in [-0.3, -0.25) is 4.79 Å². The van der Waals surface area contributed by atoms with Crippen LogP contribution in [0, 0.1) is 12.7 Å². The zero-order valence-corrected chi connectivity index (χ0v) is 19.6. The average molecular weight is 484 g/mol. The summed E-state index contributed by atoms with van der Waals surface area (Å²) in [6.07, 6.45) is 0. The van der Waals surface area contributed by atoms with Crippen LogP contribution in [0.15, 0.2) is 54.6 Å². The van der Waals surface area contributed by atoms with Crippen LogP contribution in [-0.4, -0.2) is 27.5 Å². The summed E-state index contributed by atoms with van der Waals surface area (Å²) >= 11 is 6.03. The van der Waals surface area contributed by atoms with Crippen molar-refractivity contribution >= 4 is 23.5 Å². The molecule has 34 heavy (non-hydrogen) atoms. The SMILES string of the molecule is Cc1cc(Oc2cc(F)cc(CN3Cc4cc(Cl)ccc4C3=O)c2)ccc1OC(C)(C)C(=O)O. The van der Waals surface area contributed by atoms with E-state index in [1.54, 1.807) is 54.3 Å². The minimum Gasteiger partial charge on any atom is -0.478 e. The van der Waals surface area contributed by atoms with E-state index < -0.39 is 17.4 Å². The standard InChI is InChI=1S/C26H23ClFNO5/c1-15-8-20(5-7-23(15)34-26(2,3)25(31)32)33-21-10-16(9-19(28)12-21)13-29-14-17-11-18(27)4-6-22(17)24(29)30/h4-12H,13-14H2,1-3H3,(H,31,32). The van der Waals surface area contributed by atoms with Crippen LogP contribution >= 0.6 is 11.6 Å². The quantitative estimate of drug-likeness (QED) is 0.447.